The van der Waals surface area contributed by atoms with E-state index in [0.717, 1.165) is 15.7 Å². The van der Waals surface area contributed by atoms with Crippen molar-refractivity contribution in [2.24, 2.45) is 0 Å². The molecule has 3 nitrogen and oxygen atoms in total. The van der Waals surface area contributed by atoms with Gasteiger partial charge in [0.05, 0.1) is 0 Å². The van der Waals surface area contributed by atoms with Gasteiger partial charge in [0.25, 0.3) is 5.91 Å². The third-order valence-corrected chi connectivity index (χ3v) is 3.04. The largest absolute Gasteiger partial charge is 0.372 e. The molecule has 0 spiro atoms. The van der Waals surface area contributed by atoms with Gasteiger partial charge in [0.1, 0.15) is 6.10 Å². The maximum atomic E-state index is 11.5. The van der Waals surface area contributed by atoms with Crippen LogP contribution in [0.5, 0.6) is 0 Å². The Balaban J connectivity index is 2.73. The second kappa shape index (κ2) is 5.28. The van der Waals surface area contributed by atoms with Gasteiger partial charge in [-0.15, -0.1) is 0 Å². The van der Waals surface area contributed by atoms with Gasteiger partial charge in [0, 0.05) is 17.3 Å². The van der Waals surface area contributed by atoms with Crippen molar-refractivity contribution in [3.8, 4) is 0 Å². The lowest BCUT2D eigenvalue weighted by Crippen LogP contribution is -2.26. The van der Waals surface area contributed by atoms with E-state index in [0.29, 0.717) is 0 Å². The highest BCUT2D eigenvalue weighted by molar-refractivity contribution is 9.10. The predicted octanol–water partition coefficient (Wildman–Crippen LogP) is 2.73. The Hall–Kier alpha value is -0.870. The van der Waals surface area contributed by atoms with E-state index in [2.05, 4.69) is 21.2 Å². The monoisotopic (exact) mass is 271 g/mol. The standard InChI is InChI=1S/C11H14BrNO2/c1-7-6-9(4-5-10(7)12)13-11(14)8(2)15-3/h4-6,8H,1-3H3,(H,13,14). The fourth-order valence-corrected chi connectivity index (χ4v) is 1.32. The highest BCUT2D eigenvalue weighted by Crippen LogP contribution is 2.20. The Kier molecular flexibility index (Phi) is 4.29. The number of methoxy groups -OCH3 is 1. The third-order valence-electron chi connectivity index (χ3n) is 2.15. The molecule has 1 rings (SSSR count). The first-order valence-corrected chi connectivity index (χ1v) is 5.43. The molecule has 0 saturated carbocycles. The summed E-state index contributed by atoms with van der Waals surface area (Å²) >= 11 is 3.40. The van der Waals surface area contributed by atoms with Gasteiger partial charge in [-0.25, -0.2) is 0 Å². The Morgan fingerprint density at radius 1 is 1.53 bits per heavy atom. The van der Waals surface area contributed by atoms with Gasteiger partial charge < -0.3 is 10.1 Å². The summed E-state index contributed by atoms with van der Waals surface area (Å²) < 4.78 is 5.94. The molecule has 0 radical (unpaired) electrons. The molecule has 4 heteroatoms. The van der Waals surface area contributed by atoms with Crippen molar-refractivity contribution in [2.45, 2.75) is 20.0 Å². The van der Waals surface area contributed by atoms with Crippen molar-refractivity contribution in [1.82, 2.24) is 0 Å². The quantitative estimate of drug-likeness (QED) is 0.918. The first kappa shape index (κ1) is 12.2. The molecule has 15 heavy (non-hydrogen) atoms. The number of hydrogen-bond acceptors (Lipinski definition) is 2. The summed E-state index contributed by atoms with van der Waals surface area (Å²) in [7, 11) is 1.51. The van der Waals surface area contributed by atoms with Crippen LogP contribution >= 0.6 is 15.9 Å². The molecule has 0 bridgehead atoms. The number of carbonyl (C=O) groups excluding carboxylic acids is 1. The third kappa shape index (κ3) is 3.32. The fraction of sp³-hybridized carbons (Fsp3) is 0.364. The predicted molar refractivity (Wildman–Crippen MR) is 64.0 cm³/mol. The highest BCUT2D eigenvalue weighted by Gasteiger charge is 2.11. The van der Waals surface area contributed by atoms with Gasteiger partial charge >= 0.3 is 0 Å². The number of carbonyl (C=O) groups is 1. The van der Waals surface area contributed by atoms with Crippen molar-refractivity contribution in [2.75, 3.05) is 12.4 Å². The average molecular weight is 272 g/mol. The second-order valence-electron chi connectivity index (χ2n) is 3.33. The molecule has 1 unspecified atom stereocenters. The summed E-state index contributed by atoms with van der Waals surface area (Å²) in [6, 6.07) is 5.66. The van der Waals surface area contributed by atoms with Crippen LogP contribution in [0.25, 0.3) is 0 Å². The van der Waals surface area contributed by atoms with E-state index >= 15 is 0 Å². The highest BCUT2D eigenvalue weighted by atomic mass is 79.9. The Morgan fingerprint density at radius 2 is 2.20 bits per heavy atom. The lowest BCUT2D eigenvalue weighted by atomic mass is 10.2. The van der Waals surface area contributed by atoms with E-state index in [9.17, 15) is 4.79 Å². The molecule has 0 aliphatic carbocycles. The number of anilines is 1. The van der Waals surface area contributed by atoms with Crippen molar-refractivity contribution >= 4 is 27.5 Å². The summed E-state index contributed by atoms with van der Waals surface area (Å²) in [4.78, 5) is 11.5. The molecule has 82 valence electrons. The van der Waals surface area contributed by atoms with Gasteiger partial charge in [-0.1, -0.05) is 15.9 Å². The van der Waals surface area contributed by atoms with Crippen molar-refractivity contribution in [1.29, 1.82) is 0 Å². The molecule has 0 aromatic heterocycles. The van der Waals surface area contributed by atoms with Crippen LogP contribution in [0.1, 0.15) is 12.5 Å². The summed E-state index contributed by atoms with van der Waals surface area (Å²) in [6.07, 6.45) is -0.436. The summed E-state index contributed by atoms with van der Waals surface area (Å²) in [6.45, 7) is 3.68. The number of rotatable bonds is 3. The number of nitrogens with one attached hydrogen (secondary N) is 1. The molecule has 0 aliphatic rings. The first-order chi connectivity index (χ1) is 7.04. The number of amides is 1. The van der Waals surface area contributed by atoms with Crippen LogP contribution in [0.4, 0.5) is 5.69 Å². The molecule has 1 atom stereocenters. The van der Waals surface area contributed by atoms with Gasteiger partial charge in [0.2, 0.25) is 0 Å². The van der Waals surface area contributed by atoms with Crippen molar-refractivity contribution < 1.29 is 9.53 Å². The van der Waals surface area contributed by atoms with Crippen LogP contribution in [-0.2, 0) is 9.53 Å². The van der Waals surface area contributed by atoms with Crippen LogP contribution in [0.2, 0.25) is 0 Å². The molecule has 1 aromatic rings. The van der Waals surface area contributed by atoms with Crippen LogP contribution in [-0.4, -0.2) is 19.1 Å². The lowest BCUT2D eigenvalue weighted by Gasteiger charge is -2.11. The molecule has 0 heterocycles. The molecule has 1 aromatic carbocycles. The smallest absolute Gasteiger partial charge is 0.253 e. The molecule has 1 N–H and O–H groups in total. The van der Waals surface area contributed by atoms with Gasteiger partial charge in [-0.3, -0.25) is 4.79 Å². The van der Waals surface area contributed by atoms with E-state index in [1.807, 2.05) is 25.1 Å². The minimum absolute atomic E-state index is 0.140. The summed E-state index contributed by atoms with van der Waals surface area (Å²) in [5.41, 5.74) is 1.86. The molecular weight excluding hydrogens is 258 g/mol. The van der Waals surface area contributed by atoms with Crippen LogP contribution < -0.4 is 5.32 Å². The minimum atomic E-state index is -0.436. The average Bonchev–Trinajstić information content (AvgIpc) is 2.22. The number of benzene rings is 1. The van der Waals surface area contributed by atoms with Crippen LogP contribution in [0.3, 0.4) is 0 Å². The maximum absolute atomic E-state index is 11.5. The summed E-state index contributed by atoms with van der Waals surface area (Å²) in [5.74, 6) is -0.140. The molecule has 0 fully saturated rings. The Bertz CT molecular complexity index is 366. The van der Waals surface area contributed by atoms with Gasteiger partial charge in [0.15, 0.2) is 0 Å². The number of hydrogen-bond donors (Lipinski definition) is 1. The maximum Gasteiger partial charge on any atom is 0.253 e. The molecular formula is C11H14BrNO2. The van der Waals surface area contributed by atoms with Crippen LogP contribution in [0.15, 0.2) is 22.7 Å². The zero-order valence-corrected chi connectivity index (χ0v) is 10.6. The Morgan fingerprint density at radius 3 is 2.73 bits per heavy atom. The van der Waals surface area contributed by atoms with Crippen LogP contribution in [0, 0.1) is 6.92 Å². The van der Waals surface area contributed by atoms with E-state index in [1.54, 1.807) is 6.92 Å². The summed E-state index contributed by atoms with van der Waals surface area (Å²) in [5, 5.41) is 2.78. The van der Waals surface area contributed by atoms with E-state index in [-0.39, 0.29) is 5.91 Å². The van der Waals surface area contributed by atoms with Crippen molar-refractivity contribution in [3.63, 3.8) is 0 Å². The Labute approximate surface area is 97.9 Å². The number of halogens is 1. The number of aryl methyl sites for hydroxylation is 1. The molecule has 0 aliphatic heterocycles. The SMILES string of the molecule is COC(C)C(=O)Nc1ccc(Br)c(C)c1. The number of ether oxygens (including phenoxy) is 1. The normalized spacial score (nSPS) is 12.3. The van der Waals surface area contributed by atoms with Gasteiger partial charge in [-0.2, -0.15) is 0 Å². The van der Waals surface area contributed by atoms with E-state index in [4.69, 9.17) is 4.74 Å². The van der Waals surface area contributed by atoms with Crippen molar-refractivity contribution in [3.05, 3.63) is 28.2 Å². The topological polar surface area (TPSA) is 38.3 Å². The first-order valence-electron chi connectivity index (χ1n) is 4.64. The zero-order valence-electron chi connectivity index (χ0n) is 9.00. The molecule has 0 saturated heterocycles. The van der Waals surface area contributed by atoms with E-state index < -0.39 is 6.10 Å². The van der Waals surface area contributed by atoms with Gasteiger partial charge in [-0.05, 0) is 37.6 Å². The zero-order chi connectivity index (χ0) is 11.4. The molecule has 1 amide bonds. The fourth-order valence-electron chi connectivity index (χ4n) is 1.07. The minimum Gasteiger partial charge on any atom is -0.372 e. The second-order valence-corrected chi connectivity index (χ2v) is 4.19. The van der Waals surface area contributed by atoms with E-state index in [1.165, 1.54) is 7.11 Å². The lowest BCUT2D eigenvalue weighted by molar-refractivity contribution is -0.124.